The molecule has 0 aliphatic carbocycles. The van der Waals surface area contributed by atoms with E-state index in [0.717, 1.165) is 0 Å². The average Bonchev–Trinajstić information content (AvgIpc) is 2.92. The van der Waals surface area contributed by atoms with Gasteiger partial charge in [-0.15, -0.1) is 10.1 Å². The highest BCUT2D eigenvalue weighted by molar-refractivity contribution is 5.07. The number of ether oxygens (including phenoxy) is 2. The second-order valence-corrected chi connectivity index (χ2v) is 5.16. The lowest BCUT2D eigenvalue weighted by molar-refractivity contribution is -0.757. The summed E-state index contributed by atoms with van der Waals surface area (Å²) in [4.78, 5) is 14.1. The van der Waals surface area contributed by atoms with Crippen LogP contribution in [0.5, 0.6) is 0 Å². The first-order valence-corrected chi connectivity index (χ1v) is 6.54. The van der Waals surface area contributed by atoms with Crippen molar-refractivity contribution in [3.63, 3.8) is 0 Å². The van der Waals surface area contributed by atoms with Crippen molar-refractivity contribution >= 4 is 0 Å². The Bertz CT molecular complexity index is 353. The van der Waals surface area contributed by atoms with Crippen LogP contribution in [0.3, 0.4) is 0 Å². The molecule has 0 radical (unpaired) electrons. The fraction of sp³-hybridized carbons (Fsp3) is 1.00. The van der Waals surface area contributed by atoms with Gasteiger partial charge in [0.05, 0.1) is 25.9 Å². The van der Waals surface area contributed by atoms with Gasteiger partial charge < -0.3 is 29.6 Å². The highest BCUT2D eigenvalue weighted by Gasteiger charge is 2.58. The summed E-state index contributed by atoms with van der Waals surface area (Å²) in [5, 5.41) is 39.2. The second kappa shape index (κ2) is 6.19. The van der Waals surface area contributed by atoms with Crippen LogP contribution in [0.25, 0.3) is 0 Å². The maximum Gasteiger partial charge on any atom is 0.294 e. The lowest BCUT2D eigenvalue weighted by Crippen LogP contribution is -2.53. The number of rotatable bonds is 7. The van der Waals surface area contributed by atoms with Crippen LogP contribution in [-0.2, 0) is 14.3 Å². The molecule has 0 aromatic rings. The van der Waals surface area contributed by atoms with Gasteiger partial charge in [-0.25, -0.2) is 0 Å². The molecule has 2 rings (SSSR count). The van der Waals surface area contributed by atoms with E-state index < -0.39 is 35.1 Å². The Kier molecular flexibility index (Phi) is 4.76. The number of aliphatic hydroxyl groups is 3. The number of unbranched alkanes of at least 4 members (excludes halogenated alkanes) is 1. The van der Waals surface area contributed by atoms with E-state index in [1.165, 1.54) is 0 Å². The van der Waals surface area contributed by atoms with Crippen LogP contribution in [0, 0.1) is 10.1 Å². The lowest BCUT2D eigenvalue weighted by atomic mass is 9.87. The smallest absolute Gasteiger partial charge is 0.294 e. The Morgan fingerprint density at radius 2 is 2.20 bits per heavy atom. The van der Waals surface area contributed by atoms with E-state index in [-0.39, 0.29) is 26.2 Å². The van der Waals surface area contributed by atoms with E-state index in [2.05, 4.69) is 4.84 Å². The van der Waals surface area contributed by atoms with Crippen molar-refractivity contribution in [2.24, 2.45) is 0 Å². The van der Waals surface area contributed by atoms with E-state index in [1.54, 1.807) is 0 Å². The van der Waals surface area contributed by atoms with E-state index in [1.807, 2.05) is 0 Å². The van der Waals surface area contributed by atoms with Gasteiger partial charge in [0.2, 0.25) is 0 Å². The van der Waals surface area contributed by atoms with Crippen molar-refractivity contribution in [2.75, 3.05) is 19.8 Å². The Morgan fingerprint density at radius 3 is 2.90 bits per heavy atom. The number of fused-ring (bicyclic) bond motifs is 1. The van der Waals surface area contributed by atoms with Crippen LogP contribution in [0.2, 0.25) is 0 Å². The van der Waals surface area contributed by atoms with Gasteiger partial charge in [-0.1, -0.05) is 0 Å². The van der Waals surface area contributed by atoms with Crippen molar-refractivity contribution in [3.8, 4) is 0 Å². The molecular formula is C11H19NO8. The highest BCUT2D eigenvalue weighted by Crippen LogP contribution is 2.37. The first-order chi connectivity index (χ1) is 9.45. The van der Waals surface area contributed by atoms with Gasteiger partial charge in [-0.05, 0) is 19.3 Å². The van der Waals surface area contributed by atoms with Crippen LogP contribution in [-0.4, -0.2) is 70.2 Å². The van der Waals surface area contributed by atoms with Crippen LogP contribution in [0.4, 0.5) is 0 Å². The lowest BCUT2D eigenvalue weighted by Gasteiger charge is -2.31. The molecule has 9 heteroatoms. The minimum atomic E-state index is -1.55. The summed E-state index contributed by atoms with van der Waals surface area (Å²) >= 11 is 0. The van der Waals surface area contributed by atoms with Gasteiger partial charge in [0.15, 0.2) is 0 Å². The molecule has 0 amide bonds. The molecule has 1 unspecified atom stereocenters. The fourth-order valence-electron chi connectivity index (χ4n) is 2.65. The summed E-state index contributed by atoms with van der Waals surface area (Å²) in [5.74, 6) is 0. The summed E-state index contributed by atoms with van der Waals surface area (Å²) in [6.07, 6.45) is -2.16. The monoisotopic (exact) mass is 293 g/mol. The second-order valence-electron chi connectivity index (χ2n) is 5.16. The number of aliphatic hydroxyl groups excluding tert-OH is 2. The third-order valence-electron chi connectivity index (χ3n) is 3.77. The Morgan fingerprint density at radius 1 is 1.45 bits per heavy atom. The normalized spacial score (nSPS) is 37.6. The number of hydrogen-bond donors (Lipinski definition) is 3. The van der Waals surface area contributed by atoms with Crippen molar-refractivity contribution in [1.82, 2.24) is 0 Å². The fourth-order valence-corrected chi connectivity index (χ4v) is 2.65. The topological polar surface area (TPSA) is 132 Å². The van der Waals surface area contributed by atoms with E-state index >= 15 is 0 Å². The molecule has 2 saturated heterocycles. The van der Waals surface area contributed by atoms with Crippen molar-refractivity contribution < 1.29 is 34.7 Å². The third kappa shape index (κ3) is 3.01. The zero-order valence-electron chi connectivity index (χ0n) is 10.9. The first kappa shape index (κ1) is 15.4. The van der Waals surface area contributed by atoms with Crippen molar-refractivity contribution in [2.45, 2.75) is 49.3 Å². The third-order valence-corrected chi connectivity index (χ3v) is 3.77. The van der Waals surface area contributed by atoms with Crippen LogP contribution in [0.1, 0.15) is 19.3 Å². The zero-order valence-corrected chi connectivity index (χ0v) is 10.9. The van der Waals surface area contributed by atoms with Gasteiger partial charge >= 0.3 is 0 Å². The van der Waals surface area contributed by atoms with E-state index in [4.69, 9.17) is 9.47 Å². The summed E-state index contributed by atoms with van der Waals surface area (Å²) in [7, 11) is 0. The van der Waals surface area contributed by atoms with E-state index in [0.29, 0.717) is 12.8 Å². The summed E-state index contributed by atoms with van der Waals surface area (Å²) in [6.45, 7) is -0.0804. The van der Waals surface area contributed by atoms with Gasteiger partial charge in [0.25, 0.3) is 5.09 Å². The molecule has 0 spiro atoms. The Hall–Kier alpha value is -1.00. The Labute approximate surface area is 115 Å². The average molecular weight is 293 g/mol. The van der Waals surface area contributed by atoms with Crippen molar-refractivity contribution in [1.29, 1.82) is 0 Å². The molecule has 0 aromatic heterocycles. The molecule has 2 aliphatic heterocycles. The van der Waals surface area contributed by atoms with E-state index in [9.17, 15) is 25.4 Å². The molecule has 2 aliphatic rings. The molecule has 2 fully saturated rings. The summed E-state index contributed by atoms with van der Waals surface area (Å²) in [6, 6.07) is 0. The van der Waals surface area contributed by atoms with Gasteiger partial charge in [0.1, 0.15) is 23.9 Å². The highest BCUT2D eigenvalue weighted by atomic mass is 16.9. The molecule has 9 nitrogen and oxygen atoms in total. The molecular weight excluding hydrogens is 274 g/mol. The Balaban J connectivity index is 1.77. The van der Waals surface area contributed by atoms with Crippen LogP contribution < -0.4 is 0 Å². The van der Waals surface area contributed by atoms with Crippen molar-refractivity contribution in [3.05, 3.63) is 10.1 Å². The summed E-state index contributed by atoms with van der Waals surface area (Å²) < 4.78 is 10.6. The molecule has 0 aromatic carbocycles. The first-order valence-electron chi connectivity index (χ1n) is 6.54. The largest absolute Gasteiger partial charge is 0.390 e. The number of hydrogen-bond acceptors (Lipinski definition) is 8. The molecule has 0 bridgehead atoms. The summed E-state index contributed by atoms with van der Waals surface area (Å²) in [5.41, 5.74) is -1.55. The standard InChI is InChI=1S/C11H19NO8/c13-7-5-18-10-9(7)19-6-11(10,15)8(14)3-1-2-4-20-12(16)17/h7-10,13-15H,1-6H2/t7-,8?,9-,10+,11+/m1/s1. The molecule has 3 N–H and O–H groups in total. The predicted octanol–water partition coefficient (Wildman–Crippen LogP) is -1.38. The molecule has 116 valence electrons. The molecule has 20 heavy (non-hydrogen) atoms. The van der Waals surface area contributed by atoms with Gasteiger partial charge in [-0.2, -0.15) is 0 Å². The molecule has 2 heterocycles. The van der Waals surface area contributed by atoms with Gasteiger partial charge in [0, 0.05) is 0 Å². The predicted molar refractivity (Wildman–Crippen MR) is 63.2 cm³/mol. The minimum absolute atomic E-state index is 0.0457. The zero-order chi connectivity index (χ0) is 14.8. The maximum absolute atomic E-state index is 10.4. The maximum atomic E-state index is 10.4. The van der Waals surface area contributed by atoms with Gasteiger partial charge in [-0.3, -0.25) is 0 Å². The number of nitrogens with zero attached hydrogens (tertiary/aromatic N) is 1. The SMILES string of the molecule is O=[N+]([O-])OCCCCC(O)[C@@]1(O)CO[C@@H]2[C@H](O)CO[C@@H]21. The van der Waals surface area contributed by atoms with Crippen LogP contribution >= 0.6 is 0 Å². The molecule has 5 atom stereocenters. The minimum Gasteiger partial charge on any atom is -0.390 e. The molecule has 0 saturated carbocycles. The quantitative estimate of drug-likeness (QED) is 0.297. The van der Waals surface area contributed by atoms with Crippen LogP contribution in [0.15, 0.2) is 0 Å².